The summed E-state index contributed by atoms with van der Waals surface area (Å²) >= 11 is 0. The van der Waals surface area contributed by atoms with E-state index in [1.54, 1.807) is 6.20 Å². The Bertz CT molecular complexity index is 791. The number of nitrogens with two attached hydrogens (primary N) is 1. The van der Waals surface area contributed by atoms with Crippen molar-refractivity contribution in [1.82, 2.24) is 19.8 Å². The summed E-state index contributed by atoms with van der Waals surface area (Å²) in [5.41, 5.74) is 8.06. The highest BCUT2D eigenvalue weighted by Gasteiger charge is 2.32. The van der Waals surface area contributed by atoms with Gasteiger partial charge in [-0.25, -0.2) is 4.98 Å². The number of nitrogens with zero attached hydrogens (tertiary/aromatic N) is 4. The number of anilines is 1. The van der Waals surface area contributed by atoms with Crippen molar-refractivity contribution < 1.29 is 4.79 Å². The van der Waals surface area contributed by atoms with Gasteiger partial charge in [0, 0.05) is 36.8 Å². The molecule has 2 saturated heterocycles. The third kappa shape index (κ3) is 3.42. The number of hydrogen-bond donors (Lipinski definition) is 1. The average molecular weight is 351 g/mol. The lowest BCUT2D eigenvalue weighted by atomic mass is 9.99. The van der Waals surface area contributed by atoms with E-state index in [2.05, 4.69) is 21.9 Å². The molecule has 4 rings (SSSR count). The van der Waals surface area contributed by atoms with Gasteiger partial charge in [0.25, 0.3) is 5.91 Å². The van der Waals surface area contributed by atoms with Crippen LogP contribution in [0, 0.1) is 5.92 Å². The molecule has 2 N–H and O–H groups in total. The number of likely N-dealkylation sites (N-methyl/N-ethyl adjacent to an activating group) is 1. The predicted molar refractivity (Wildman–Crippen MR) is 102 cm³/mol. The molecule has 2 fully saturated rings. The second-order valence-electron chi connectivity index (χ2n) is 7.51. The van der Waals surface area contributed by atoms with Gasteiger partial charge < -0.3 is 15.5 Å². The summed E-state index contributed by atoms with van der Waals surface area (Å²) in [5.74, 6) is 1.10. The molecule has 2 aliphatic rings. The van der Waals surface area contributed by atoms with Gasteiger partial charge >= 0.3 is 0 Å². The lowest BCUT2D eigenvalue weighted by molar-refractivity contribution is 0.0710. The van der Waals surface area contributed by atoms with E-state index in [9.17, 15) is 4.79 Å². The molecule has 6 heteroatoms. The van der Waals surface area contributed by atoms with Crippen molar-refractivity contribution in [2.45, 2.75) is 25.3 Å². The second kappa shape index (κ2) is 7.03. The van der Waals surface area contributed by atoms with E-state index < -0.39 is 0 Å². The molecule has 0 unspecified atom stereocenters. The number of hydrogen-bond acceptors (Lipinski definition) is 5. The molecule has 2 aliphatic heterocycles. The molecule has 2 aromatic rings. The molecule has 1 aromatic carbocycles. The smallest absolute Gasteiger partial charge is 0.253 e. The fourth-order valence-corrected chi connectivity index (χ4v) is 4.18. The largest absolute Gasteiger partial charge is 0.382 e. The van der Waals surface area contributed by atoms with Gasteiger partial charge in [0.2, 0.25) is 0 Å². The van der Waals surface area contributed by atoms with Gasteiger partial charge in [0.1, 0.15) is 5.82 Å². The highest BCUT2D eigenvalue weighted by atomic mass is 16.2. The first-order chi connectivity index (χ1) is 12.6. The highest BCUT2D eigenvalue weighted by Crippen LogP contribution is 2.27. The number of rotatable bonds is 2. The first-order valence-electron chi connectivity index (χ1n) is 9.27. The normalized spacial score (nSPS) is 23.5. The van der Waals surface area contributed by atoms with Gasteiger partial charge in [-0.05, 0) is 37.9 Å². The lowest BCUT2D eigenvalue weighted by Gasteiger charge is -2.30. The quantitative estimate of drug-likeness (QED) is 0.898. The average Bonchev–Trinajstić information content (AvgIpc) is 2.90. The van der Waals surface area contributed by atoms with Crippen molar-refractivity contribution in [3.05, 3.63) is 42.2 Å². The molecule has 2 bridgehead atoms. The third-order valence-electron chi connectivity index (χ3n) is 5.60. The van der Waals surface area contributed by atoms with Crippen molar-refractivity contribution in [2.24, 2.45) is 5.92 Å². The van der Waals surface area contributed by atoms with E-state index in [4.69, 9.17) is 5.73 Å². The van der Waals surface area contributed by atoms with Crippen molar-refractivity contribution >= 4 is 11.7 Å². The third-order valence-corrected chi connectivity index (χ3v) is 5.60. The molecule has 6 nitrogen and oxygen atoms in total. The summed E-state index contributed by atoms with van der Waals surface area (Å²) in [6.07, 6.45) is 6.88. The van der Waals surface area contributed by atoms with E-state index in [0.29, 0.717) is 17.8 Å². The maximum atomic E-state index is 13.1. The fourth-order valence-electron chi connectivity index (χ4n) is 4.18. The minimum Gasteiger partial charge on any atom is -0.382 e. The van der Waals surface area contributed by atoms with Gasteiger partial charge in [-0.1, -0.05) is 18.6 Å². The number of aromatic nitrogens is 2. The summed E-state index contributed by atoms with van der Waals surface area (Å²) in [4.78, 5) is 25.9. The van der Waals surface area contributed by atoms with Crippen LogP contribution in [0.1, 0.15) is 29.6 Å². The molecular formula is C20H25N5O. The molecule has 2 atom stereocenters. The Morgan fingerprint density at radius 3 is 2.69 bits per heavy atom. The summed E-state index contributed by atoms with van der Waals surface area (Å²) in [6, 6.07) is 8.08. The lowest BCUT2D eigenvalue weighted by Crippen LogP contribution is -2.42. The molecule has 136 valence electrons. The van der Waals surface area contributed by atoms with Crippen LogP contribution in [0.4, 0.5) is 5.82 Å². The van der Waals surface area contributed by atoms with Crippen LogP contribution < -0.4 is 5.73 Å². The SMILES string of the molecule is CN1C[C@@H]2CCC[C@H]1CN(C(=O)c1ccc(-c3cncc(N)n3)cc1)C2. The summed E-state index contributed by atoms with van der Waals surface area (Å²) in [7, 11) is 2.19. The molecule has 3 heterocycles. The number of carbonyl (C=O) groups excluding carboxylic acids is 1. The molecule has 1 amide bonds. The number of fused-ring (bicyclic) bond motifs is 3. The molecular weight excluding hydrogens is 326 g/mol. The molecule has 0 saturated carbocycles. The topological polar surface area (TPSA) is 75.3 Å². The van der Waals surface area contributed by atoms with Crippen molar-refractivity contribution in [3.8, 4) is 11.3 Å². The summed E-state index contributed by atoms with van der Waals surface area (Å²) < 4.78 is 0. The highest BCUT2D eigenvalue weighted by molar-refractivity contribution is 5.94. The minimum atomic E-state index is 0.127. The first kappa shape index (κ1) is 17.0. The van der Waals surface area contributed by atoms with Crippen LogP contribution in [0.5, 0.6) is 0 Å². The summed E-state index contributed by atoms with van der Waals surface area (Å²) in [6.45, 7) is 2.79. The van der Waals surface area contributed by atoms with Gasteiger partial charge in [-0.3, -0.25) is 9.78 Å². The zero-order chi connectivity index (χ0) is 18.1. The van der Waals surface area contributed by atoms with Crippen LogP contribution in [0.25, 0.3) is 11.3 Å². The Morgan fingerprint density at radius 1 is 1.12 bits per heavy atom. The van der Waals surface area contributed by atoms with E-state index in [0.717, 1.165) is 36.5 Å². The number of amides is 1. The Hall–Kier alpha value is -2.47. The van der Waals surface area contributed by atoms with Crippen LogP contribution in [-0.2, 0) is 0 Å². The maximum Gasteiger partial charge on any atom is 0.253 e. The van der Waals surface area contributed by atoms with E-state index >= 15 is 0 Å². The Morgan fingerprint density at radius 2 is 1.92 bits per heavy atom. The van der Waals surface area contributed by atoms with E-state index in [-0.39, 0.29) is 5.91 Å². The van der Waals surface area contributed by atoms with Crippen LogP contribution in [0.15, 0.2) is 36.7 Å². The van der Waals surface area contributed by atoms with E-state index in [1.165, 1.54) is 25.5 Å². The van der Waals surface area contributed by atoms with Crippen molar-refractivity contribution in [1.29, 1.82) is 0 Å². The number of benzene rings is 1. The zero-order valence-electron chi connectivity index (χ0n) is 15.1. The van der Waals surface area contributed by atoms with Crippen molar-refractivity contribution in [2.75, 3.05) is 32.4 Å². The first-order valence-corrected chi connectivity index (χ1v) is 9.27. The number of likely N-dealkylation sites (tertiary alicyclic amines) is 1. The minimum absolute atomic E-state index is 0.127. The van der Waals surface area contributed by atoms with Crippen LogP contribution in [-0.4, -0.2) is 58.4 Å². The number of carbonyl (C=O) groups is 1. The van der Waals surface area contributed by atoms with Gasteiger partial charge in [-0.2, -0.15) is 0 Å². The fraction of sp³-hybridized carbons (Fsp3) is 0.450. The molecule has 0 aliphatic carbocycles. The summed E-state index contributed by atoms with van der Waals surface area (Å²) in [5, 5.41) is 0. The monoisotopic (exact) mass is 351 g/mol. The molecule has 0 radical (unpaired) electrons. The van der Waals surface area contributed by atoms with Gasteiger partial charge in [0.05, 0.1) is 18.1 Å². The molecule has 26 heavy (non-hydrogen) atoms. The Kier molecular flexibility index (Phi) is 4.59. The van der Waals surface area contributed by atoms with Gasteiger partial charge in [-0.15, -0.1) is 0 Å². The molecule has 0 spiro atoms. The Labute approximate surface area is 154 Å². The Balaban J connectivity index is 1.53. The molecule has 1 aromatic heterocycles. The predicted octanol–water partition coefficient (Wildman–Crippen LogP) is 2.28. The maximum absolute atomic E-state index is 13.1. The van der Waals surface area contributed by atoms with Crippen LogP contribution in [0.2, 0.25) is 0 Å². The van der Waals surface area contributed by atoms with Crippen LogP contribution in [0.3, 0.4) is 0 Å². The van der Waals surface area contributed by atoms with Crippen molar-refractivity contribution in [3.63, 3.8) is 0 Å². The van der Waals surface area contributed by atoms with E-state index in [1.807, 2.05) is 29.2 Å². The zero-order valence-corrected chi connectivity index (χ0v) is 15.1. The van der Waals surface area contributed by atoms with Crippen LogP contribution >= 0.6 is 0 Å². The second-order valence-corrected chi connectivity index (χ2v) is 7.51. The standard InChI is InChI=1S/C20H25N5O/c1-24-11-14-3-2-4-17(24)13-25(12-14)20(26)16-7-5-15(6-8-16)18-9-22-10-19(21)23-18/h5-10,14,17H,2-4,11-13H2,1H3,(H2,21,23)/t14-,17-/m0/s1. The van der Waals surface area contributed by atoms with Gasteiger partial charge in [0.15, 0.2) is 0 Å². The number of nitrogen functional groups attached to an aromatic ring is 1.